The van der Waals surface area contributed by atoms with Gasteiger partial charge in [-0.3, -0.25) is 9.48 Å². The van der Waals surface area contributed by atoms with Gasteiger partial charge in [0.2, 0.25) is 5.91 Å². The third kappa shape index (κ3) is 8.30. The average Bonchev–Trinajstić information content (AvgIpc) is 3.78. The van der Waals surface area contributed by atoms with Crippen LogP contribution in [0.15, 0.2) is 60.8 Å². The summed E-state index contributed by atoms with van der Waals surface area (Å²) in [6.07, 6.45) is 5.64. The van der Waals surface area contributed by atoms with Crippen molar-refractivity contribution in [2.75, 3.05) is 19.7 Å². The average molecular weight is 661 g/mol. The van der Waals surface area contributed by atoms with Gasteiger partial charge in [0.1, 0.15) is 36.4 Å². The van der Waals surface area contributed by atoms with E-state index in [0.29, 0.717) is 37.3 Å². The van der Waals surface area contributed by atoms with Gasteiger partial charge in [0.25, 0.3) is 0 Å². The number of hydrogen-bond acceptors (Lipinski definition) is 8. The molecule has 2 fully saturated rings. The van der Waals surface area contributed by atoms with Crippen LogP contribution in [0, 0.1) is 24.1 Å². The number of nitrogens with one attached hydrogen (secondary N) is 1. The molecule has 0 bridgehead atoms. The number of likely N-dealkylation sites (tertiary alicyclic amines) is 2. The van der Waals surface area contributed by atoms with Gasteiger partial charge >= 0.3 is 12.2 Å². The summed E-state index contributed by atoms with van der Waals surface area (Å²) in [5.41, 5.74) is 1.33. The number of aromatic nitrogens is 3. The van der Waals surface area contributed by atoms with Gasteiger partial charge in [0.05, 0.1) is 24.4 Å². The fourth-order valence-corrected chi connectivity index (χ4v) is 6.29. The predicted molar refractivity (Wildman–Crippen MR) is 174 cm³/mol. The first-order chi connectivity index (χ1) is 22.9. The molecule has 254 valence electrons. The lowest BCUT2D eigenvalue weighted by Crippen LogP contribution is -2.57. The van der Waals surface area contributed by atoms with Gasteiger partial charge in [-0.05, 0) is 63.9 Å². The third-order valence-corrected chi connectivity index (χ3v) is 8.39. The van der Waals surface area contributed by atoms with Crippen LogP contribution in [0.4, 0.5) is 14.0 Å². The highest BCUT2D eigenvalue weighted by Gasteiger charge is 2.53. The Morgan fingerprint density at radius 1 is 1.10 bits per heavy atom. The molecule has 3 aromatic rings. The van der Waals surface area contributed by atoms with E-state index in [1.165, 1.54) is 12.1 Å². The molecule has 0 spiro atoms. The highest BCUT2D eigenvalue weighted by atomic mass is 19.1. The standard InChI is InChI=1S/C35H41FN6O6/c1-6-18-46-23(2)30(37-33(44)48-35(3,4)5)32(43)41-17-16-29-31(41)26(20-42(29)34(45)47-22-24-10-8-7-9-11-24)19-40-21-28(38-39-40)25-12-14-27(36)15-13-25/h1,7-15,21,23,26,29-31H,16-20,22H2,2-5H3,(H,37,44)/t23-,26+,29-,30+,31-/m1/s1. The fourth-order valence-electron chi connectivity index (χ4n) is 6.29. The van der Waals surface area contributed by atoms with Gasteiger partial charge in [-0.2, -0.15) is 0 Å². The van der Waals surface area contributed by atoms with Crippen LogP contribution in [0.5, 0.6) is 0 Å². The topological polar surface area (TPSA) is 128 Å². The van der Waals surface area contributed by atoms with Gasteiger partial charge < -0.3 is 29.3 Å². The summed E-state index contributed by atoms with van der Waals surface area (Å²) in [7, 11) is 0. The first kappa shape index (κ1) is 34.4. The van der Waals surface area contributed by atoms with E-state index in [0.717, 1.165) is 5.56 Å². The maximum Gasteiger partial charge on any atom is 0.410 e. The number of amides is 3. The Morgan fingerprint density at radius 3 is 2.52 bits per heavy atom. The van der Waals surface area contributed by atoms with Crippen molar-refractivity contribution in [1.82, 2.24) is 30.1 Å². The van der Waals surface area contributed by atoms with E-state index >= 15 is 0 Å². The summed E-state index contributed by atoms with van der Waals surface area (Å²) in [5, 5.41) is 11.3. The van der Waals surface area contributed by atoms with Crippen molar-refractivity contribution >= 4 is 18.1 Å². The minimum absolute atomic E-state index is 0.0562. The molecule has 3 amide bonds. The molecule has 5 rings (SSSR count). The summed E-state index contributed by atoms with van der Waals surface area (Å²) in [4.78, 5) is 44.1. The van der Waals surface area contributed by atoms with Crippen molar-refractivity contribution in [1.29, 1.82) is 0 Å². The molecular weight excluding hydrogens is 619 g/mol. The van der Waals surface area contributed by atoms with E-state index in [-0.39, 0.29) is 36.9 Å². The second-order valence-electron chi connectivity index (χ2n) is 13.0. The lowest BCUT2D eigenvalue weighted by Gasteiger charge is -2.34. The number of halogens is 1. The van der Waals surface area contributed by atoms with Crippen molar-refractivity contribution in [3.8, 4) is 23.6 Å². The molecule has 3 heterocycles. The third-order valence-electron chi connectivity index (χ3n) is 8.39. The highest BCUT2D eigenvalue weighted by Crippen LogP contribution is 2.38. The lowest BCUT2D eigenvalue weighted by molar-refractivity contribution is -0.138. The summed E-state index contributed by atoms with van der Waals surface area (Å²) in [5.74, 6) is 1.40. The Labute approximate surface area is 279 Å². The van der Waals surface area contributed by atoms with Crippen LogP contribution in [0.3, 0.4) is 0 Å². The Morgan fingerprint density at radius 2 is 1.83 bits per heavy atom. The first-order valence-electron chi connectivity index (χ1n) is 15.9. The normalized spacial score (nSPS) is 20.0. The summed E-state index contributed by atoms with van der Waals surface area (Å²) >= 11 is 0. The maximum atomic E-state index is 14.3. The number of carbonyl (C=O) groups is 3. The number of hydrogen-bond donors (Lipinski definition) is 1. The molecular formula is C35H41FN6O6. The number of carbonyl (C=O) groups excluding carboxylic acids is 3. The van der Waals surface area contributed by atoms with Crippen molar-refractivity contribution < 1.29 is 33.0 Å². The lowest BCUT2D eigenvalue weighted by atomic mass is 9.98. The van der Waals surface area contributed by atoms with Crippen molar-refractivity contribution in [3.05, 3.63) is 72.2 Å². The summed E-state index contributed by atoms with van der Waals surface area (Å²) in [6.45, 7) is 7.86. The molecule has 48 heavy (non-hydrogen) atoms. The highest BCUT2D eigenvalue weighted by molar-refractivity contribution is 5.87. The Hall–Kier alpha value is -4.96. The largest absolute Gasteiger partial charge is 0.445 e. The number of fused-ring (bicyclic) bond motifs is 1. The van der Waals surface area contributed by atoms with Crippen LogP contribution in [0.2, 0.25) is 0 Å². The first-order valence-corrected chi connectivity index (χ1v) is 15.9. The van der Waals surface area contributed by atoms with Gasteiger partial charge in [-0.15, -0.1) is 11.5 Å². The molecule has 13 heteroatoms. The van der Waals surface area contributed by atoms with Crippen LogP contribution in [-0.2, 0) is 32.2 Å². The van der Waals surface area contributed by atoms with E-state index in [4.69, 9.17) is 20.6 Å². The Balaban J connectivity index is 1.39. The second kappa shape index (κ2) is 14.9. The summed E-state index contributed by atoms with van der Waals surface area (Å²) in [6, 6.07) is 13.5. The quantitative estimate of drug-likeness (QED) is 0.320. The fraction of sp³-hybridized carbons (Fsp3) is 0.457. The molecule has 5 atom stereocenters. The minimum Gasteiger partial charge on any atom is -0.445 e. The van der Waals surface area contributed by atoms with Crippen molar-refractivity contribution in [2.45, 2.75) is 77.1 Å². The van der Waals surface area contributed by atoms with E-state index in [2.05, 4.69) is 21.5 Å². The molecule has 1 N–H and O–H groups in total. The minimum atomic E-state index is -1.11. The van der Waals surface area contributed by atoms with Gasteiger partial charge in [-0.1, -0.05) is 41.5 Å². The SMILES string of the molecule is C#CCO[C@H](C)[C@H](NC(=O)OC(C)(C)C)C(=O)N1CC[C@@H]2[C@H]1[C@@H](Cn1cc(-c3ccc(F)cc3)nn1)CN2C(=O)OCc1ccccc1. The molecule has 0 radical (unpaired) electrons. The maximum absolute atomic E-state index is 14.3. The molecule has 2 aromatic carbocycles. The molecule has 1 aromatic heterocycles. The molecule has 2 saturated heterocycles. The zero-order valence-corrected chi connectivity index (χ0v) is 27.5. The smallest absolute Gasteiger partial charge is 0.410 e. The predicted octanol–water partition coefficient (Wildman–Crippen LogP) is 4.25. The van der Waals surface area contributed by atoms with Crippen LogP contribution in [0.25, 0.3) is 11.3 Å². The van der Waals surface area contributed by atoms with Gasteiger partial charge in [0, 0.05) is 31.1 Å². The number of rotatable bonds is 10. The van der Waals surface area contributed by atoms with Gasteiger partial charge in [-0.25, -0.2) is 14.0 Å². The van der Waals surface area contributed by atoms with Gasteiger partial charge in [0.15, 0.2) is 0 Å². The van der Waals surface area contributed by atoms with Crippen LogP contribution < -0.4 is 5.32 Å². The molecule has 2 aliphatic heterocycles. The second-order valence-corrected chi connectivity index (χ2v) is 13.0. The van der Waals surface area contributed by atoms with Crippen molar-refractivity contribution in [2.24, 2.45) is 5.92 Å². The van der Waals surface area contributed by atoms with Crippen LogP contribution in [0.1, 0.15) is 39.7 Å². The zero-order chi connectivity index (χ0) is 34.4. The van der Waals surface area contributed by atoms with E-state index in [1.54, 1.807) is 60.5 Å². The number of terminal acetylenes is 1. The van der Waals surface area contributed by atoms with Crippen LogP contribution >= 0.6 is 0 Å². The van der Waals surface area contributed by atoms with E-state index in [9.17, 15) is 18.8 Å². The zero-order valence-electron chi connectivity index (χ0n) is 27.5. The Kier molecular flexibility index (Phi) is 10.6. The molecule has 2 aliphatic rings. The van der Waals surface area contributed by atoms with Crippen LogP contribution in [-0.4, -0.2) is 92.4 Å². The summed E-state index contributed by atoms with van der Waals surface area (Å²) < 4.78 is 32.0. The van der Waals surface area contributed by atoms with Crippen molar-refractivity contribution in [3.63, 3.8) is 0 Å². The Bertz CT molecular complexity index is 1620. The van der Waals surface area contributed by atoms with E-state index < -0.39 is 36.0 Å². The molecule has 0 aliphatic carbocycles. The molecule has 0 saturated carbocycles. The number of benzene rings is 2. The van der Waals surface area contributed by atoms with E-state index in [1.807, 2.05) is 30.3 Å². The number of nitrogens with zero attached hydrogens (tertiary/aromatic N) is 5. The number of ether oxygens (including phenoxy) is 3. The monoisotopic (exact) mass is 660 g/mol. The molecule has 0 unspecified atom stereocenters. The number of alkyl carbamates (subject to hydrolysis) is 1. The molecule has 12 nitrogen and oxygen atoms in total.